The Morgan fingerprint density at radius 2 is 2.19 bits per heavy atom. The zero-order valence-corrected chi connectivity index (χ0v) is 10.7. The van der Waals surface area contributed by atoms with Crippen molar-refractivity contribution < 1.29 is 4.74 Å². The van der Waals surface area contributed by atoms with Gasteiger partial charge in [-0.25, -0.2) is 0 Å². The van der Waals surface area contributed by atoms with Gasteiger partial charge in [0.1, 0.15) is 22.4 Å². The number of benzene rings is 1. The van der Waals surface area contributed by atoms with Gasteiger partial charge in [-0.3, -0.25) is 0 Å². The lowest BCUT2D eigenvalue weighted by atomic mass is 10.2. The summed E-state index contributed by atoms with van der Waals surface area (Å²) in [6.07, 6.45) is 0. The SMILES string of the molecule is Cc1cc(OCc2nnsc2Cl)ccc1Cl. The molecule has 0 saturated heterocycles. The van der Waals surface area contributed by atoms with E-state index in [1.54, 1.807) is 6.07 Å². The van der Waals surface area contributed by atoms with Gasteiger partial charge in [0, 0.05) is 16.6 Å². The van der Waals surface area contributed by atoms with Crippen LogP contribution in [0.4, 0.5) is 0 Å². The molecular weight excluding hydrogens is 267 g/mol. The predicted molar refractivity (Wildman–Crippen MR) is 65.4 cm³/mol. The van der Waals surface area contributed by atoms with Gasteiger partial charge >= 0.3 is 0 Å². The lowest BCUT2D eigenvalue weighted by Crippen LogP contribution is -1.96. The smallest absolute Gasteiger partial charge is 0.141 e. The van der Waals surface area contributed by atoms with Gasteiger partial charge in [-0.1, -0.05) is 27.7 Å². The zero-order chi connectivity index (χ0) is 11.5. The van der Waals surface area contributed by atoms with Crippen LogP contribution in [0, 0.1) is 6.92 Å². The second-order valence-corrected chi connectivity index (χ2v) is 4.96. The van der Waals surface area contributed by atoms with Crippen molar-refractivity contribution in [3.8, 4) is 5.75 Å². The maximum absolute atomic E-state index is 5.91. The Bertz CT molecular complexity index is 501. The van der Waals surface area contributed by atoms with Crippen LogP contribution in [0.25, 0.3) is 0 Å². The summed E-state index contributed by atoms with van der Waals surface area (Å²) >= 11 is 12.9. The number of hydrogen-bond acceptors (Lipinski definition) is 4. The number of aromatic nitrogens is 2. The molecule has 2 aromatic rings. The lowest BCUT2D eigenvalue weighted by molar-refractivity contribution is 0.301. The Morgan fingerprint density at radius 1 is 1.38 bits per heavy atom. The van der Waals surface area contributed by atoms with Crippen molar-refractivity contribution in [2.24, 2.45) is 0 Å². The fraction of sp³-hybridized carbons (Fsp3) is 0.200. The van der Waals surface area contributed by atoms with Crippen LogP contribution in [0.2, 0.25) is 9.36 Å². The minimum atomic E-state index is 0.316. The van der Waals surface area contributed by atoms with Crippen LogP contribution in [0.1, 0.15) is 11.3 Å². The number of nitrogens with zero attached hydrogens (tertiary/aromatic N) is 2. The molecule has 0 aliphatic heterocycles. The molecule has 0 amide bonds. The van der Waals surface area contributed by atoms with Crippen molar-refractivity contribution in [1.29, 1.82) is 0 Å². The molecule has 84 valence electrons. The minimum absolute atomic E-state index is 0.316. The van der Waals surface area contributed by atoms with Crippen LogP contribution >= 0.6 is 34.7 Å². The van der Waals surface area contributed by atoms with E-state index in [0.29, 0.717) is 16.6 Å². The highest BCUT2D eigenvalue weighted by Gasteiger charge is 2.06. The average Bonchev–Trinajstić information content (AvgIpc) is 2.66. The van der Waals surface area contributed by atoms with Crippen molar-refractivity contribution in [1.82, 2.24) is 9.59 Å². The average molecular weight is 275 g/mol. The number of halogens is 2. The highest BCUT2D eigenvalue weighted by Crippen LogP contribution is 2.23. The fourth-order valence-electron chi connectivity index (χ4n) is 1.14. The maximum Gasteiger partial charge on any atom is 0.141 e. The molecule has 3 nitrogen and oxygen atoms in total. The largest absolute Gasteiger partial charge is 0.487 e. The molecule has 0 fully saturated rings. The summed E-state index contributed by atoms with van der Waals surface area (Å²) in [4.78, 5) is 0. The monoisotopic (exact) mass is 274 g/mol. The van der Waals surface area contributed by atoms with E-state index in [1.807, 2.05) is 19.1 Å². The first-order chi connectivity index (χ1) is 7.66. The van der Waals surface area contributed by atoms with E-state index in [2.05, 4.69) is 9.59 Å². The molecule has 1 aromatic heterocycles. The first-order valence-corrected chi connectivity index (χ1v) is 6.05. The van der Waals surface area contributed by atoms with E-state index < -0.39 is 0 Å². The van der Waals surface area contributed by atoms with Gasteiger partial charge in [-0.15, -0.1) is 5.10 Å². The molecule has 1 aromatic carbocycles. The van der Waals surface area contributed by atoms with E-state index in [-0.39, 0.29) is 0 Å². The Hall–Kier alpha value is -0.840. The normalized spacial score (nSPS) is 10.4. The van der Waals surface area contributed by atoms with Gasteiger partial charge < -0.3 is 4.74 Å². The lowest BCUT2D eigenvalue weighted by Gasteiger charge is -2.05. The topological polar surface area (TPSA) is 35.0 Å². The summed E-state index contributed by atoms with van der Waals surface area (Å²) in [5.41, 5.74) is 1.63. The molecule has 0 bridgehead atoms. The van der Waals surface area contributed by atoms with Crippen LogP contribution in [-0.2, 0) is 6.61 Å². The highest BCUT2D eigenvalue weighted by molar-refractivity contribution is 7.10. The van der Waals surface area contributed by atoms with Gasteiger partial charge in [0.2, 0.25) is 0 Å². The molecule has 0 aliphatic carbocycles. The third-order valence-corrected chi connectivity index (χ3v) is 3.42. The van der Waals surface area contributed by atoms with E-state index in [4.69, 9.17) is 27.9 Å². The van der Waals surface area contributed by atoms with Crippen LogP contribution in [0.5, 0.6) is 5.75 Å². The number of ether oxygens (including phenoxy) is 1. The molecule has 2 rings (SSSR count). The van der Waals surface area contributed by atoms with Crippen LogP contribution in [0.3, 0.4) is 0 Å². The zero-order valence-electron chi connectivity index (χ0n) is 8.41. The summed E-state index contributed by atoms with van der Waals surface area (Å²) in [5, 5.41) is 4.58. The van der Waals surface area contributed by atoms with Crippen molar-refractivity contribution in [2.75, 3.05) is 0 Å². The van der Waals surface area contributed by atoms with Crippen LogP contribution in [-0.4, -0.2) is 9.59 Å². The van der Waals surface area contributed by atoms with Gasteiger partial charge in [0.15, 0.2) is 0 Å². The van der Waals surface area contributed by atoms with Gasteiger partial charge in [0.25, 0.3) is 0 Å². The second kappa shape index (κ2) is 4.99. The fourth-order valence-corrected chi connectivity index (χ4v) is 1.86. The van der Waals surface area contributed by atoms with Crippen molar-refractivity contribution in [2.45, 2.75) is 13.5 Å². The standard InChI is InChI=1S/C10H8Cl2N2OS/c1-6-4-7(2-3-8(6)11)15-5-9-10(12)16-14-13-9/h2-4H,5H2,1H3. The molecule has 0 N–H and O–H groups in total. The Kier molecular flexibility index (Phi) is 3.63. The first kappa shape index (κ1) is 11.6. The van der Waals surface area contributed by atoms with Gasteiger partial charge in [0.05, 0.1) is 0 Å². The maximum atomic E-state index is 5.91. The van der Waals surface area contributed by atoms with Crippen molar-refractivity contribution >= 4 is 34.7 Å². The van der Waals surface area contributed by atoms with Crippen LogP contribution < -0.4 is 4.74 Å². The predicted octanol–water partition coefficient (Wildman–Crippen LogP) is 3.73. The number of rotatable bonds is 3. The molecule has 6 heteroatoms. The van der Waals surface area contributed by atoms with Gasteiger partial charge in [-0.05, 0) is 30.7 Å². The van der Waals surface area contributed by atoms with Crippen LogP contribution in [0.15, 0.2) is 18.2 Å². The molecular formula is C10H8Cl2N2OS. The van der Waals surface area contributed by atoms with E-state index >= 15 is 0 Å². The summed E-state index contributed by atoms with van der Waals surface area (Å²) in [7, 11) is 0. The quantitative estimate of drug-likeness (QED) is 0.856. The molecule has 0 aliphatic rings. The number of aryl methyl sites for hydroxylation is 1. The molecule has 0 radical (unpaired) electrons. The third kappa shape index (κ3) is 2.64. The molecule has 0 saturated carbocycles. The summed E-state index contributed by atoms with van der Waals surface area (Å²) in [6.45, 7) is 2.24. The third-order valence-electron chi connectivity index (χ3n) is 2.01. The summed E-state index contributed by atoms with van der Waals surface area (Å²) < 4.78 is 9.81. The van der Waals surface area contributed by atoms with Gasteiger partial charge in [-0.2, -0.15) is 0 Å². The highest BCUT2D eigenvalue weighted by atomic mass is 35.5. The molecule has 16 heavy (non-hydrogen) atoms. The second-order valence-electron chi connectivity index (χ2n) is 3.19. The van der Waals surface area contributed by atoms with E-state index in [0.717, 1.165) is 27.9 Å². The van der Waals surface area contributed by atoms with Crippen molar-refractivity contribution in [3.63, 3.8) is 0 Å². The molecule has 0 atom stereocenters. The Labute approximate surface area is 107 Å². The van der Waals surface area contributed by atoms with E-state index in [1.165, 1.54) is 0 Å². The molecule has 1 heterocycles. The van der Waals surface area contributed by atoms with E-state index in [9.17, 15) is 0 Å². The molecule has 0 spiro atoms. The number of hydrogen-bond donors (Lipinski definition) is 0. The Morgan fingerprint density at radius 3 is 2.81 bits per heavy atom. The minimum Gasteiger partial charge on any atom is -0.487 e. The summed E-state index contributed by atoms with van der Waals surface area (Å²) in [5.74, 6) is 0.742. The first-order valence-electron chi connectivity index (χ1n) is 4.52. The Balaban J connectivity index is 2.05. The summed E-state index contributed by atoms with van der Waals surface area (Å²) in [6, 6.07) is 5.48. The molecule has 0 unspecified atom stereocenters. The van der Waals surface area contributed by atoms with Crippen molar-refractivity contribution in [3.05, 3.63) is 38.8 Å².